The Morgan fingerprint density at radius 2 is 1.03 bits per heavy atom. The normalized spacial score (nSPS) is 20.2. The van der Waals surface area contributed by atoms with Crippen LogP contribution in [0.25, 0.3) is 12.2 Å². The molecule has 2 aromatic carbocycles. The van der Waals surface area contributed by atoms with E-state index in [1.54, 1.807) is 22.3 Å². The molecular formula is C30H41SiZr. The van der Waals surface area contributed by atoms with E-state index >= 15 is 0 Å². The zero-order valence-corrected chi connectivity index (χ0v) is 25.5. The van der Waals surface area contributed by atoms with Crippen molar-refractivity contribution in [3.05, 3.63) is 80.9 Å². The van der Waals surface area contributed by atoms with E-state index in [1.165, 1.54) is 22.3 Å². The average molecular weight is 521 g/mol. The van der Waals surface area contributed by atoms with Gasteiger partial charge in [-0.2, -0.15) is 0 Å². The fourth-order valence-electron chi connectivity index (χ4n) is 5.72. The molecule has 2 aliphatic rings. The molecule has 0 nitrogen and oxygen atoms in total. The Kier molecular flexibility index (Phi) is 6.30. The summed E-state index contributed by atoms with van der Waals surface area (Å²) in [4.78, 5) is 0. The van der Waals surface area contributed by atoms with Crippen LogP contribution in [-0.4, -0.2) is 5.92 Å². The van der Waals surface area contributed by atoms with Crippen molar-refractivity contribution >= 4 is 18.1 Å². The van der Waals surface area contributed by atoms with E-state index in [0.717, 1.165) is 7.25 Å². The van der Waals surface area contributed by atoms with Gasteiger partial charge in [-0.1, -0.05) is 0 Å². The van der Waals surface area contributed by atoms with Crippen LogP contribution in [0.15, 0.2) is 47.5 Å². The van der Waals surface area contributed by atoms with Crippen molar-refractivity contribution in [1.29, 1.82) is 0 Å². The van der Waals surface area contributed by atoms with Gasteiger partial charge in [-0.25, -0.2) is 0 Å². The molecule has 0 amide bonds. The first kappa shape index (κ1) is 24.2. The van der Waals surface area contributed by atoms with E-state index in [0.29, 0.717) is 0 Å². The summed E-state index contributed by atoms with van der Waals surface area (Å²) < 4.78 is 1.49. The molecule has 0 bridgehead atoms. The summed E-state index contributed by atoms with van der Waals surface area (Å²) >= 11 is -1.87. The SMILES string of the molecule is CC1=Cc2cc(C(C)(C)C)ccc2[CH]1[Zr]([CH]1C(C)=Cc2cc(C(C)(C)C)ccc21)[SiH](C)C. The van der Waals surface area contributed by atoms with Crippen LogP contribution in [0.3, 0.4) is 0 Å². The molecule has 0 radical (unpaired) electrons. The fraction of sp³-hybridized carbons (Fsp3) is 0.467. The van der Waals surface area contributed by atoms with Gasteiger partial charge in [-0.05, 0) is 0 Å². The first-order valence-electron chi connectivity index (χ1n) is 12.3. The van der Waals surface area contributed by atoms with Crippen LogP contribution in [0.1, 0.15) is 96.0 Å². The van der Waals surface area contributed by atoms with Gasteiger partial charge in [-0.3, -0.25) is 0 Å². The van der Waals surface area contributed by atoms with Crippen molar-refractivity contribution in [3.8, 4) is 0 Å². The predicted molar refractivity (Wildman–Crippen MR) is 142 cm³/mol. The molecule has 2 atom stereocenters. The van der Waals surface area contributed by atoms with Crippen LogP contribution in [0.4, 0.5) is 0 Å². The molecule has 0 heterocycles. The molecule has 0 N–H and O–H groups in total. The summed E-state index contributed by atoms with van der Waals surface area (Å²) in [5.41, 5.74) is 13.0. The van der Waals surface area contributed by atoms with E-state index in [2.05, 4.69) is 117 Å². The molecule has 0 fully saturated rings. The van der Waals surface area contributed by atoms with Crippen LogP contribution in [0.2, 0.25) is 13.1 Å². The van der Waals surface area contributed by atoms with Crippen molar-refractivity contribution in [1.82, 2.24) is 0 Å². The van der Waals surface area contributed by atoms with Crippen LogP contribution in [-0.2, 0) is 31.7 Å². The summed E-state index contributed by atoms with van der Waals surface area (Å²) in [6.45, 7) is 24.1. The third kappa shape index (κ3) is 4.27. The second-order valence-corrected chi connectivity index (χ2v) is 32.5. The summed E-state index contributed by atoms with van der Waals surface area (Å²) in [6, 6.07) is 14.8. The van der Waals surface area contributed by atoms with Crippen LogP contribution >= 0.6 is 0 Å². The quantitative estimate of drug-likeness (QED) is 0.356. The molecule has 2 unspecified atom stereocenters. The number of hydrogen-bond acceptors (Lipinski definition) is 0. The number of benzene rings is 2. The standard InChI is InChI=1S/2C14H17.C2H7Si.Zr/c2*1-10-7-11-5-6-13(14(2,3)4)9-12(11)8-10;1-3-2;/h2*5-9H,1-4H3;3H,1-2H3;. The number of rotatable bonds is 3. The molecule has 2 aliphatic carbocycles. The Hall–Kier alpha value is -0.980. The van der Waals surface area contributed by atoms with Gasteiger partial charge in [0.1, 0.15) is 0 Å². The topological polar surface area (TPSA) is 0 Å². The van der Waals surface area contributed by atoms with Crippen LogP contribution in [0.5, 0.6) is 0 Å². The molecule has 0 saturated heterocycles. The third-order valence-corrected chi connectivity index (χ3v) is 29.7. The fourth-order valence-corrected chi connectivity index (χ4v) is 29.0. The minimum absolute atomic E-state index is 0.206. The van der Waals surface area contributed by atoms with Crippen molar-refractivity contribution in [2.75, 3.05) is 0 Å². The van der Waals surface area contributed by atoms with Crippen LogP contribution in [0, 0.1) is 0 Å². The minimum atomic E-state index is -1.87. The maximum atomic E-state index is 2.65. The van der Waals surface area contributed by atoms with Crippen LogP contribution < -0.4 is 0 Å². The zero-order valence-electron chi connectivity index (χ0n) is 21.9. The van der Waals surface area contributed by atoms with Crippen molar-refractivity contribution in [2.45, 2.75) is 86.6 Å². The van der Waals surface area contributed by atoms with Crippen molar-refractivity contribution in [3.63, 3.8) is 0 Å². The predicted octanol–water partition coefficient (Wildman–Crippen LogP) is 8.50. The molecule has 0 aromatic heterocycles. The monoisotopic (exact) mass is 519 g/mol. The maximum absolute atomic E-state index is 2.65. The summed E-state index contributed by atoms with van der Waals surface area (Å²) in [7, 11) is 0. The van der Waals surface area contributed by atoms with Crippen molar-refractivity contribution < 1.29 is 20.9 Å². The average Bonchev–Trinajstić information content (AvgIpc) is 3.16. The molecule has 32 heavy (non-hydrogen) atoms. The second-order valence-electron chi connectivity index (χ2n) is 12.5. The van der Waals surface area contributed by atoms with Gasteiger partial charge < -0.3 is 0 Å². The van der Waals surface area contributed by atoms with E-state index in [9.17, 15) is 0 Å². The molecule has 2 aromatic rings. The molecule has 4 rings (SSSR count). The Bertz CT molecular complexity index is 1020. The summed E-state index contributed by atoms with van der Waals surface area (Å²) in [6.07, 6.45) is 5.06. The Labute approximate surface area is 205 Å². The molecule has 2 heteroatoms. The summed E-state index contributed by atoms with van der Waals surface area (Å²) in [5.74, 6) is -0.763. The Morgan fingerprint density at radius 1 is 0.656 bits per heavy atom. The van der Waals surface area contributed by atoms with Gasteiger partial charge in [0, 0.05) is 0 Å². The van der Waals surface area contributed by atoms with Gasteiger partial charge in [0.2, 0.25) is 0 Å². The molecule has 0 aliphatic heterocycles. The second kappa shape index (κ2) is 8.35. The van der Waals surface area contributed by atoms with E-state index in [-0.39, 0.29) is 10.8 Å². The van der Waals surface area contributed by atoms with E-state index < -0.39 is 26.8 Å². The Morgan fingerprint density at radius 3 is 1.34 bits per heavy atom. The third-order valence-electron chi connectivity index (χ3n) is 7.54. The first-order valence-corrected chi connectivity index (χ1v) is 22.3. The van der Waals surface area contributed by atoms with E-state index in [4.69, 9.17) is 0 Å². The van der Waals surface area contributed by atoms with Gasteiger partial charge in [0.25, 0.3) is 0 Å². The van der Waals surface area contributed by atoms with Gasteiger partial charge >= 0.3 is 206 Å². The zero-order chi connectivity index (χ0) is 23.6. The number of fused-ring (bicyclic) bond motifs is 2. The molecular weight excluding hydrogens is 480 g/mol. The van der Waals surface area contributed by atoms with Gasteiger partial charge in [-0.15, -0.1) is 0 Å². The molecule has 169 valence electrons. The van der Waals surface area contributed by atoms with Gasteiger partial charge in [0.05, 0.1) is 0 Å². The van der Waals surface area contributed by atoms with E-state index in [1.807, 2.05) is 0 Å². The first-order chi connectivity index (χ1) is 14.8. The number of hydrogen-bond donors (Lipinski definition) is 0. The Balaban J connectivity index is 1.78. The number of allylic oxidation sites excluding steroid dienone is 2. The van der Waals surface area contributed by atoms with Crippen molar-refractivity contribution in [2.24, 2.45) is 0 Å². The summed E-state index contributed by atoms with van der Waals surface area (Å²) in [5, 5.41) is 0. The molecule has 0 spiro atoms. The molecule has 0 saturated carbocycles. The van der Waals surface area contributed by atoms with Gasteiger partial charge in [0.15, 0.2) is 0 Å².